The van der Waals surface area contributed by atoms with Crippen molar-refractivity contribution in [2.45, 2.75) is 38.5 Å². The second-order valence-corrected chi connectivity index (χ2v) is 17.7. The molecule has 2 aliphatic rings. The average Bonchev–Trinajstić information content (AvgIpc) is 3.83. The van der Waals surface area contributed by atoms with E-state index in [1.54, 1.807) is 0 Å². The van der Waals surface area contributed by atoms with Crippen LogP contribution in [0.3, 0.4) is 0 Å². The van der Waals surface area contributed by atoms with Crippen molar-refractivity contribution in [3.8, 4) is 39.1 Å². The summed E-state index contributed by atoms with van der Waals surface area (Å²) in [6, 6.07) is 72.3. The molecule has 0 spiro atoms. The Labute approximate surface area is 351 Å². The maximum absolute atomic E-state index is 2.53. The lowest BCUT2D eigenvalue weighted by atomic mass is 9.81. The molecule has 60 heavy (non-hydrogen) atoms. The first-order valence-electron chi connectivity index (χ1n) is 21.2. The van der Waals surface area contributed by atoms with E-state index in [2.05, 4.69) is 231 Å². The monoisotopic (exact) mass is 768 g/mol. The Bertz CT molecular complexity index is 3340. The molecular formula is C58H44N2. The van der Waals surface area contributed by atoms with Crippen molar-refractivity contribution >= 4 is 49.6 Å². The summed E-state index contributed by atoms with van der Waals surface area (Å²) in [7, 11) is 0. The van der Waals surface area contributed by atoms with Crippen molar-refractivity contribution < 1.29 is 0 Å². The minimum Gasteiger partial charge on any atom is -0.310 e. The topological polar surface area (TPSA) is 8.17 Å². The van der Waals surface area contributed by atoms with E-state index in [-0.39, 0.29) is 10.8 Å². The Morgan fingerprint density at radius 1 is 0.367 bits per heavy atom. The standard InChI is InChI=1S/C58H44N2/c1-57(2)49-27-9-6-20-43(49)48-36-39(33-34-51(48)57)59(55-32-16-26-47-42-19-5-10-28-50(42)58(3,4)56(47)55)38-18-13-17-37(35-38)40-23-14-25-44-41(40)24-15-31-54(44)60-52-29-11-7-21-45(52)46-22-8-12-30-53(46)60/h5-36H,1-4H3. The summed E-state index contributed by atoms with van der Waals surface area (Å²) in [5, 5.41) is 5.00. The van der Waals surface area contributed by atoms with Gasteiger partial charge in [-0.25, -0.2) is 0 Å². The van der Waals surface area contributed by atoms with Crippen LogP contribution in [-0.4, -0.2) is 4.57 Å². The van der Waals surface area contributed by atoms with Crippen LogP contribution in [0.5, 0.6) is 0 Å². The highest BCUT2D eigenvalue weighted by atomic mass is 15.1. The van der Waals surface area contributed by atoms with Crippen LogP contribution in [0.15, 0.2) is 194 Å². The molecule has 0 amide bonds. The molecule has 0 saturated heterocycles. The first kappa shape index (κ1) is 34.8. The van der Waals surface area contributed by atoms with Gasteiger partial charge in [0.15, 0.2) is 0 Å². The minimum atomic E-state index is -0.192. The second kappa shape index (κ2) is 12.7. The van der Waals surface area contributed by atoms with Gasteiger partial charge in [-0.05, 0) is 110 Å². The summed E-state index contributed by atoms with van der Waals surface area (Å²) >= 11 is 0. The molecule has 0 saturated carbocycles. The van der Waals surface area contributed by atoms with Crippen LogP contribution in [-0.2, 0) is 10.8 Å². The average molecular weight is 769 g/mol. The first-order valence-corrected chi connectivity index (χ1v) is 21.2. The quantitative estimate of drug-likeness (QED) is 0.169. The maximum atomic E-state index is 2.53. The van der Waals surface area contributed by atoms with Gasteiger partial charge < -0.3 is 9.47 Å². The van der Waals surface area contributed by atoms with Gasteiger partial charge in [-0.3, -0.25) is 0 Å². The highest BCUT2D eigenvalue weighted by Gasteiger charge is 2.40. The minimum absolute atomic E-state index is 0.0702. The molecule has 0 N–H and O–H groups in total. The normalized spacial score (nSPS) is 14.3. The van der Waals surface area contributed by atoms with Crippen molar-refractivity contribution in [1.82, 2.24) is 4.57 Å². The van der Waals surface area contributed by atoms with E-state index in [1.165, 1.54) is 99.6 Å². The lowest BCUT2D eigenvalue weighted by molar-refractivity contribution is 0.660. The van der Waals surface area contributed by atoms with E-state index in [0.717, 1.165) is 11.4 Å². The van der Waals surface area contributed by atoms with Gasteiger partial charge in [-0.2, -0.15) is 0 Å². The van der Waals surface area contributed by atoms with Gasteiger partial charge in [0.25, 0.3) is 0 Å². The zero-order valence-electron chi connectivity index (χ0n) is 34.4. The van der Waals surface area contributed by atoms with Gasteiger partial charge in [-0.15, -0.1) is 0 Å². The molecule has 0 atom stereocenters. The summed E-state index contributed by atoms with van der Waals surface area (Å²) in [6.45, 7) is 9.50. The van der Waals surface area contributed by atoms with Gasteiger partial charge in [0, 0.05) is 38.4 Å². The van der Waals surface area contributed by atoms with Crippen LogP contribution in [0, 0.1) is 0 Å². The third-order valence-corrected chi connectivity index (χ3v) is 13.8. The summed E-state index contributed by atoms with van der Waals surface area (Å²) in [4.78, 5) is 2.53. The highest BCUT2D eigenvalue weighted by Crippen LogP contribution is 2.56. The Hall–Kier alpha value is -7.16. The largest absolute Gasteiger partial charge is 0.310 e. The van der Waals surface area contributed by atoms with Crippen LogP contribution < -0.4 is 4.90 Å². The number of para-hydroxylation sites is 2. The Morgan fingerprint density at radius 3 is 1.67 bits per heavy atom. The van der Waals surface area contributed by atoms with E-state index in [0.29, 0.717) is 0 Å². The molecule has 0 unspecified atom stereocenters. The van der Waals surface area contributed by atoms with E-state index < -0.39 is 0 Å². The van der Waals surface area contributed by atoms with Crippen LogP contribution in [0.2, 0.25) is 0 Å². The van der Waals surface area contributed by atoms with Crippen molar-refractivity contribution in [2.75, 3.05) is 4.90 Å². The van der Waals surface area contributed by atoms with Crippen molar-refractivity contribution in [1.29, 1.82) is 0 Å². The molecule has 1 heterocycles. The molecule has 286 valence electrons. The zero-order valence-corrected chi connectivity index (χ0v) is 34.4. The molecule has 2 nitrogen and oxygen atoms in total. The predicted octanol–water partition coefficient (Wildman–Crippen LogP) is 15.7. The third kappa shape index (κ3) is 4.82. The molecular weight excluding hydrogens is 725 g/mol. The number of hydrogen-bond acceptors (Lipinski definition) is 1. The molecule has 0 fully saturated rings. The fourth-order valence-corrected chi connectivity index (χ4v) is 11.0. The fourth-order valence-electron chi connectivity index (χ4n) is 11.0. The van der Waals surface area contributed by atoms with Gasteiger partial charge >= 0.3 is 0 Å². The number of nitrogens with zero attached hydrogens (tertiary/aromatic N) is 2. The lowest BCUT2D eigenvalue weighted by Crippen LogP contribution is -2.21. The van der Waals surface area contributed by atoms with Crippen LogP contribution in [0.1, 0.15) is 49.9 Å². The van der Waals surface area contributed by atoms with Crippen molar-refractivity contribution in [3.05, 3.63) is 216 Å². The van der Waals surface area contributed by atoms with E-state index in [4.69, 9.17) is 0 Å². The molecule has 1 aromatic heterocycles. The lowest BCUT2D eigenvalue weighted by Gasteiger charge is -2.33. The molecule has 2 aliphatic carbocycles. The molecule has 12 rings (SSSR count). The molecule has 2 heteroatoms. The third-order valence-electron chi connectivity index (χ3n) is 13.8. The van der Waals surface area contributed by atoms with Gasteiger partial charge in [0.05, 0.1) is 22.4 Å². The fraction of sp³-hybridized carbons (Fsp3) is 0.103. The Kier molecular flexibility index (Phi) is 7.36. The van der Waals surface area contributed by atoms with Gasteiger partial charge in [0.1, 0.15) is 0 Å². The maximum Gasteiger partial charge on any atom is 0.0541 e. The number of rotatable bonds is 5. The predicted molar refractivity (Wildman–Crippen MR) is 254 cm³/mol. The van der Waals surface area contributed by atoms with Crippen molar-refractivity contribution in [3.63, 3.8) is 0 Å². The number of fused-ring (bicyclic) bond motifs is 10. The number of hydrogen-bond donors (Lipinski definition) is 0. The van der Waals surface area contributed by atoms with Crippen LogP contribution >= 0.6 is 0 Å². The first-order chi connectivity index (χ1) is 29.3. The summed E-state index contributed by atoms with van der Waals surface area (Å²) < 4.78 is 2.44. The number of benzene rings is 9. The van der Waals surface area contributed by atoms with E-state index in [1.807, 2.05) is 0 Å². The Morgan fingerprint density at radius 2 is 0.900 bits per heavy atom. The number of anilines is 3. The molecule has 10 aromatic rings. The van der Waals surface area contributed by atoms with Gasteiger partial charge in [-0.1, -0.05) is 173 Å². The van der Waals surface area contributed by atoms with Crippen LogP contribution in [0.4, 0.5) is 17.1 Å². The summed E-state index contributed by atoms with van der Waals surface area (Å²) in [5.41, 5.74) is 20.0. The SMILES string of the molecule is CC1(C)c2ccccc2-c2cc(N(c3cccc(-c4cccc5c(-n6c7ccccc7c7ccccc76)cccc45)c3)c3cccc4c3C(C)(C)c3ccccc3-4)ccc21. The van der Waals surface area contributed by atoms with Crippen molar-refractivity contribution in [2.24, 2.45) is 0 Å². The number of aromatic nitrogens is 1. The summed E-state index contributed by atoms with van der Waals surface area (Å²) in [5.74, 6) is 0. The second-order valence-electron chi connectivity index (χ2n) is 17.7. The smallest absolute Gasteiger partial charge is 0.0541 e. The molecule has 0 aliphatic heterocycles. The summed E-state index contributed by atoms with van der Waals surface area (Å²) in [6.07, 6.45) is 0. The van der Waals surface area contributed by atoms with E-state index >= 15 is 0 Å². The van der Waals surface area contributed by atoms with Crippen LogP contribution in [0.25, 0.3) is 71.6 Å². The molecule has 0 bridgehead atoms. The molecule has 0 radical (unpaired) electrons. The molecule has 9 aromatic carbocycles. The zero-order chi connectivity index (χ0) is 40.3. The van der Waals surface area contributed by atoms with E-state index in [9.17, 15) is 0 Å². The highest BCUT2D eigenvalue weighted by molar-refractivity contribution is 6.11. The van der Waals surface area contributed by atoms with Gasteiger partial charge in [0.2, 0.25) is 0 Å². The Balaban J connectivity index is 1.07.